The Hall–Kier alpha value is -2.52. The molecule has 2 aliphatic heterocycles. The van der Waals surface area contributed by atoms with E-state index in [1.54, 1.807) is 11.3 Å². The smallest absolute Gasteiger partial charge is 0.277 e. The lowest BCUT2D eigenvalue weighted by molar-refractivity contribution is -0.129. The average Bonchev–Trinajstić information content (AvgIpc) is 3.61. The molecule has 34 heavy (non-hydrogen) atoms. The first-order valence-electron chi connectivity index (χ1n) is 11.9. The molecule has 0 radical (unpaired) electrons. The van der Waals surface area contributed by atoms with Crippen molar-refractivity contribution in [3.05, 3.63) is 40.3 Å². The highest BCUT2D eigenvalue weighted by Crippen LogP contribution is 2.39. The van der Waals surface area contributed by atoms with Crippen LogP contribution >= 0.6 is 23.1 Å². The number of aromatic nitrogens is 2. The Morgan fingerprint density at radius 1 is 1.18 bits per heavy atom. The minimum absolute atomic E-state index is 0.0574. The number of benzene rings is 1. The molecule has 1 fully saturated rings. The molecule has 2 aromatic heterocycles. The van der Waals surface area contributed by atoms with Gasteiger partial charge in [-0.1, -0.05) is 24.8 Å². The van der Waals surface area contributed by atoms with Crippen LogP contribution in [-0.2, 0) is 17.6 Å². The van der Waals surface area contributed by atoms with Gasteiger partial charge in [-0.25, -0.2) is 0 Å². The highest BCUT2D eigenvalue weighted by atomic mass is 32.2. The summed E-state index contributed by atoms with van der Waals surface area (Å²) in [5.74, 6) is 3.18. The molecule has 1 amide bonds. The Kier molecular flexibility index (Phi) is 5.99. The van der Waals surface area contributed by atoms with E-state index in [-0.39, 0.29) is 17.7 Å². The molecule has 0 bridgehead atoms. The van der Waals surface area contributed by atoms with Crippen LogP contribution in [0.25, 0.3) is 10.8 Å². The molecule has 178 valence electrons. The second kappa shape index (κ2) is 9.26. The van der Waals surface area contributed by atoms with Gasteiger partial charge >= 0.3 is 0 Å². The molecule has 1 aliphatic carbocycles. The van der Waals surface area contributed by atoms with Gasteiger partial charge in [-0.2, -0.15) is 0 Å². The predicted molar refractivity (Wildman–Crippen MR) is 131 cm³/mol. The molecule has 7 nitrogen and oxygen atoms in total. The minimum Gasteiger partial charge on any atom is -0.486 e. The molecule has 1 saturated heterocycles. The van der Waals surface area contributed by atoms with E-state index in [0.29, 0.717) is 24.3 Å². The molecule has 4 heterocycles. The number of likely N-dealkylation sites (tertiary alicyclic amines) is 1. The number of nitrogens with zero attached hydrogens (tertiary/aromatic N) is 3. The standard InChI is InChI=1S/C25H27N3O4S2/c1-15-4-7-21-17(11-15)13-22(34-21)24-26-27-25(32-24)33-14-23(29)28-8-2-3-18(28)16-5-6-19-20(12-16)31-10-9-30-19/h5-6,12-13,15,18H,2-4,7-11,14H2,1H3. The maximum absolute atomic E-state index is 13.1. The lowest BCUT2D eigenvalue weighted by atomic mass is 9.90. The molecular formula is C25H27N3O4S2. The largest absolute Gasteiger partial charge is 0.486 e. The number of ether oxygens (including phenoxy) is 2. The van der Waals surface area contributed by atoms with Crippen LogP contribution in [-0.4, -0.2) is 46.5 Å². The van der Waals surface area contributed by atoms with Crippen LogP contribution in [0.2, 0.25) is 0 Å². The summed E-state index contributed by atoms with van der Waals surface area (Å²) in [6, 6.07) is 8.27. The second-order valence-electron chi connectivity index (χ2n) is 9.22. The lowest BCUT2D eigenvalue weighted by Gasteiger charge is -2.26. The summed E-state index contributed by atoms with van der Waals surface area (Å²) in [6.07, 6.45) is 5.43. The summed E-state index contributed by atoms with van der Waals surface area (Å²) in [7, 11) is 0. The van der Waals surface area contributed by atoms with Crippen LogP contribution in [0, 0.1) is 5.92 Å². The van der Waals surface area contributed by atoms with Gasteiger partial charge < -0.3 is 18.8 Å². The molecule has 3 aromatic rings. The second-order valence-corrected chi connectivity index (χ2v) is 11.3. The average molecular weight is 498 g/mol. The molecule has 6 rings (SSSR count). The monoisotopic (exact) mass is 497 g/mol. The fourth-order valence-electron chi connectivity index (χ4n) is 5.06. The van der Waals surface area contributed by atoms with E-state index in [1.165, 1.54) is 28.6 Å². The van der Waals surface area contributed by atoms with Crippen LogP contribution in [0.3, 0.4) is 0 Å². The van der Waals surface area contributed by atoms with Gasteiger partial charge in [0.25, 0.3) is 11.1 Å². The first kappa shape index (κ1) is 22.0. The van der Waals surface area contributed by atoms with Gasteiger partial charge in [0.15, 0.2) is 11.5 Å². The highest BCUT2D eigenvalue weighted by molar-refractivity contribution is 7.99. The maximum atomic E-state index is 13.1. The van der Waals surface area contributed by atoms with E-state index in [0.717, 1.165) is 60.1 Å². The van der Waals surface area contributed by atoms with Crippen molar-refractivity contribution in [3.8, 4) is 22.3 Å². The van der Waals surface area contributed by atoms with Crippen LogP contribution in [0.4, 0.5) is 0 Å². The summed E-state index contributed by atoms with van der Waals surface area (Å²) in [5, 5.41) is 8.88. The van der Waals surface area contributed by atoms with E-state index >= 15 is 0 Å². The third kappa shape index (κ3) is 4.31. The Morgan fingerprint density at radius 2 is 2.06 bits per heavy atom. The number of hydrogen-bond donors (Lipinski definition) is 0. The van der Waals surface area contributed by atoms with Gasteiger partial charge in [-0.15, -0.1) is 21.5 Å². The van der Waals surface area contributed by atoms with Crippen molar-refractivity contribution in [1.82, 2.24) is 15.1 Å². The number of hydrogen-bond acceptors (Lipinski definition) is 8. The van der Waals surface area contributed by atoms with Gasteiger partial charge in [-0.3, -0.25) is 4.79 Å². The molecule has 2 unspecified atom stereocenters. The van der Waals surface area contributed by atoms with Crippen LogP contribution in [0.15, 0.2) is 33.9 Å². The van der Waals surface area contributed by atoms with Crippen molar-refractivity contribution >= 4 is 29.0 Å². The number of rotatable bonds is 5. The third-order valence-electron chi connectivity index (χ3n) is 6.79. The Labute approximate surface area is 206 Å². The van der Waals surface area contributed by atoms with Crippen molar-refractivity contribution in [3.63, 3.8) is 0 Å². The molecule has 3 aliphatic rings. The zero-order valence-electron chi connectivity index (χ0n) is 19.1. The molecule has 0 N–H and O–H groups in total. The summed E-state index contributed by atoms with van der Waals surface area (Å²) in [4.78, 5) is 17.5. The van der Waals surface area contributed by atoms with Crippen molar-refractivity contribution in [2.24, 2.45) is 5.92 Å². The maximum Gasteiger partial charge on any atom is 0.277 e. The molecule has 9 heteroatoms. The molecule has 0 saturated carbocycles. The quantitative estimate of drug-likeness (QED) is 0.451. The highest BCUT2D eigenvalue weighted by Gasteiger charge is 2.31. The number of thiophene rings is 1. The van der Waals surface area contributed by atoms with Gasteiger partial charge in [-0.05, 0) is 67.3 Å². The van der Waals surface area contributed by atoms with Crippen LogP contribution in [0.1, 0.15) is 48.2 Å². The number of carbonyl (C=O) groups excluding carboxylic acids is 1. The number of amides is 1. The zero-order valence-corrected chi connectivity index (χ0v) is 20.8. The Bertz CT molecular complexity index is 1210. The molecular weight excluding hydrogens is 470 g/mol. The molecule has 2 atom stereocenters. The number of thioether (sulfide) groups is 1. The van der Waals surface area contributed by atoms with Crippen molar-refractivity contribution in [1.29, 1.82) is 0 Å². The molecule has 0 spiro atoms. The van der Waals surface area contributed by atoms with Crippen molar-refractivity contribution < 1.29 is 18.7 Å². The van der Waals surface area contributed by atoms with E-state index in [4.69, 9.17) is 13.9 Å². The summed E-state index contributed by atoms with van der Waals surface area (Å²) in [5.41, 5.74) is 2.51. The normalized spacial score (nSPS) is 21.5. The van der Waals surface area contributed by atoms with Crippen molar-refractivity contribution in [2.75, 3.05) is 25.5 Å². The zero-order chi connectivity index (χ0) is 23.1. The van der Waals surface area contributed by atoms with E-state index in [1.807, 2.05) is 23.1 Å². The Morgan fingerprint density at radius 3 is 2.97 bits per heavy atom. The minimum atomic E-state index is 0.0574. The van der Waals surface area contributed by atoms with E-state index in [9.17, 15) is 4.79 Å². The molecule has 1 aromatic carbocycles. The number of fused-ring (bicyclic) bond motifs is 2. The van der Waals surface area contributed by atoms with Gasteiger partial charge in [0.2, 0.25) is 5.91 Å². The van der Waals surface area contributed by atoms with Crippen LogP contribution in [0.5, 0.6) is 11.5 Å². The fourth-order valence-corrected chi connectivity index (χ4v) is 6.84. The lowest BCUT2D eigenvalue weighted by Crippen LogP contribution is -2.32. The topological polar surface area (TPSA) is 77.7 Å². The first-order chi connectivity index (χ1) is 16.6. The van der Waals surface area contributed by atoms with Crippen molar-refractivity contribution in [2.45, 2.75) is 50.3 Å². The number of carbonyl (C=O) groups is 1. The predicted octanol–water partition coefficient (Wildman–Crippen LogP) is 5.15. The van der Waals surface area contributed by atoms with Gasteiger partial charge in [0, 0.05) is 11.4 Å². The summed E-state index contributed by atoms with van der Waals surface area (Å²) >= 11 is 3.07. The summed E-state index contributed by atoms with van der Waals surface area (Å²) < 4.78 is 17.3. The van der Waals surface area contributed by atoms with E-state index in [2.05, 4.69) is 23.2 Å². The van der Waals surface area contributed by atoms with Crippen LogP contribution < -0.4 is 9.47 Å². The van der Waals surface area contributed by atoms with Gasteiger partial charge in [0.1, 0.15) is 13.2 Å². The number of aryl methyl sites for hydroxylation is 1. The van der Waals surface area contributed by atoms with Gasteiger partial charge in [0.05, 0.1) is 16.7 Å². The SMILES string of the molecule is CC1CCc2sc(-c3nnc(SCC(=O)N4CCCC4c4ccc5c(c4)OCCO5)o3)cc2C1. The van der Waals surface area contributed by atoms with E-state index < -0.39 is 0 Å². The Balaban J connectivity index is 1.10. The first-order valence-corrected chi connectivity index (χ1v) is 13.7. The third-order valence-corrected chi connectivity index (χ3v) is 8.82. The summed E-state index contributed by atoms with van der Waals surface area (Å²) in [6.45, 7) is 4.19. The fraction of sp³-hybridized carbons (Fsp3) is 0.480.